The highest BCUT2D eigenvalue weighted by Crippen LogP contribution is 2.42. The molecule has 1 N–H and O–H groups in total. The van der Waals surface area contributed by atoms with E-state index in [1.54, 1.807) is 0 Å². The molecule has 2 atom stereocenters. The van der Waals surface area contributed by atoms with Gasteiger partial charge in [0, 0.05) is 12.5 Å². The van der Waals surface area contributed by atoms with Crippen molar-refractivity contribution in [1.29, 1.82) is 0 Å². The van der Waals surface area contributed by atoms with Crippen molar-refractivity contribution in [2.24, 2.45) is 0 Å². The summed E-state index contributed by atoms with van der Waals surface area (Å²) in [6.07, 6.45) is 9.28. The van der Waals surface area contributed by atoms with Gasteiger partial charge in [0.2, 0.25) is 0 Å². The van der Waals surface area contributed by atoms with Crippen LogP contribution in [-0.2, 0) is 5.60 Å². The highest BCUT2D eigenvalue weighted by molar-refractivity contribution is 5.35. The summed E-state index contributed by atoms with van der Waals surface area (Å²) in [5.41, 5.74) is 1.36. The minimum absolute atomic E-state index is 0.0476. The Kier molecular flexibility index (Phi) is 9.42. The lowest BCUT2D eigenvalue weighted by Gasteiger charge is -2.41. The second-order valence-corrected chi connectivity index (χ2v) is 9.02. The Bertz CT molecular complexity index is 739. The SMILES string of the molecule is CCCCCC[C@@](O)(c1ccc(OCC)cc1)[C@H](CN1CCCCC1)c1ccccc1. The number of rotatable bonds is 12. The maximum absolute atomic E-state index is 12.4. The predicted octanol–water partition coefficient (Wildman–Crippen LogP) is 6.51. The van der Waals surface area contributed by atoms with Crippen molar-refractivity contribution in [3.05, 3.63) is 65.7 Å². The molecule has 0 unspecified atom stereocenters. The van der Waals surface area contributed by atoms with Crippen molar-refractivity contribution >= 4 is 0 Å². The Morgan fingerprint density at radius 2 is 1.61 bits per heavy atom. The van der Waals surface area contributed by atoms with Gasteiger partial charge in [0.25, 0.3) is 0 Å². The van der Waals surface area contributed by atoms with Gasteiger partial charge >= 0.3 is 0 Å². The summed E-state index contributed by atoms with van der Waals surface area (Å²) in [7, 11) is 0. The standard InChI is InChI=1S/C28H41NO2/c1-3-5-6-11-20-28(30,25-16-18-26(19-17-25)31-4-2)27(24-14-9-7-10-15-24)23-29-21-12-8-13-22-29/h7,9-10,14-19,27,30H,3-6,8,11-13,20-23H2,1-2H3/t27-,28-/m1/s1. The Morgan fingerprint density at radius 3 is 2.26 bits per heavy atom. The largest absolute Gasteiger partial charge is 0.494 e. The zero-order chi connectivity index (χ0) is 21.9. The molecule has 1 heterocycles. The van der Waals surface area contributed by atoms with Gasteiger partial charge in [0.15, 0.2) is 0 Å². The fourth-order valence-electron chi connectivity index (χ4n) is 4.97. The Balaban J connectivity index is 1.94. The predicted molar refractivity (Wildman–Crippen MR) is 130 cm³/mol. The van der Waals surface area contributed by atoms with E-state index in [4.69, 9.17) is 4.74 Å². The van der Waals surface area contributed by atoms with Crippen LogP contribution in [0.3, 0.4) is 0 Å². The van der Waals surface area contributed by atoms with Crippen LogP contribution in [0.1, 0.15) is 82.3 Å². The zero-order valence-corrected chi connectivity index (χ0v) is 19.6. The van der Waals surface area contributed by atoms with Gasteiger partial charge in [0.1, 0.15) is 5.75 Å². The number of likely N-dealkylation sites (tertiary alicyclic amines) is 1. The van der Waals surface area contributed by atoms with Crippen LogP contribution in [0.5, 0.6) is 5.75 Å². The number of unbranched alkanes of at least 4 members (excludes halogenated alkanes) is 3. The average molecular weight is 424 g/mol. The third-order valence-corrected chi connectivity index (χ3v) is 6.74. The van der Waals surface area contributed by atoms with Gasteiger partial charge in [-0.15, -0.1) is 0 Å². The fourth-order valence-corrected chi connectivity index (χ4v) is 4.97. The van der Waals surface area contributed by atoms with Crippen LogP contribution in [0, 0.1) is 0 Å². The number of benzene rings is 2. The summed E-state index contributed by atoms with van der Waals surface area (Å²) in [4.78, 5) is 2.56. The summed E-state index contributed by atoms with van der Waals surface area (Å²) in [5, 5.41) is 12.4. The van der Waals surface area contributed by atoms with Crippen molar-refractivity contribution in [2.45, 2.75) is 76.7 Å². The fraction of sp³-hybridized carbons (Fsp3) is 0.571. The molecular formula is C28H41NO2. The van der Waals surface area contributed by atoms with Crippen LogP contribution in [0.4, 0.5) is 0 Å². The monoisotopic (exact) mass is 423 g/mol. The molecule has 0 radical (unpaired) electrons. The molecule has 170 valence electrons. The van der Waals surface area contributed by atoms with E-state index in [1.165, 1.54) is 44.1 Å². The molecule has 0 aromatic heterocycles. The number of hydrogen-bond donors (Lipinski definition) is 1. The van der Waals surface area contributed by atoms with Crippen LogP contribution in [0.15, 0.2) is 54.6 Å². The van der Waals surface area contributed by atoms with E-state index in [-0.39, 0.29) is 5.92 Å². The first-order valence-electron chi connectivity index (χ1n) is 12.4. The first-order chi connectivity index (χ1) is 15.2. The molecule has 3 heteroatoms. The van der Waals surface area contributed by atoms with Gasteiger partial charge in [0.05, 0.1) is 12.2 Å². The summed E-state index contributed by atoms with van der Waals surface area (Å²) in [6, 6.07) is 18.9. The van der Waals surface area contributed by atoms with Crippen molar-refractivity contribution in [3.8, 4) is 5.75 Å². The Hall–Kier alpha value is -1.84. The van der Waals surface area contributed by atoms with E-state index >= 15 is 0 Å². The van der Waals surface area contributed by atoms with Crippen LogP contribution >= 0.6 is 0 Å². The number of hydrogen-bond acceptors (Lipinski definition) is 3. The first-order valence-corrected chi connectivity index (χ1v) is 12.4. The second kappa shape index (κ2) is 12.3. The lowest BCUT2D eigenvalue weighted by atomic mass is 9.73. The topological polar surface area (TPSA) is 32.7 Å². The molecule has 1 fully saturated rings. The highest BCUT2D eigenvalue weighted by Gasteiger charge is 2.40. The molecule has 0 bridgehead atoms. The van der Waals surface area contributed by atoms with E-state index in [2.05, 4.69) is 54.3 Å². The molecular weight excluding hydrogens is 382 g/mol. The van der Waals surface area contributed by atoms with Crippen molar-refractivity contribution < 1.29 is 9.84 Å². The van der Waals surface area contributed by atoms with Gasteiger partial charge < -0.3 is 14.7 Å². The number of ether oxygens (including phenoxy) is 1. The Morgan fingerprint density at radius 1 is 0.903 bits per heavy atom. The van der Waals surface area contributed by atoms with Gasteiger partial charge in [-0.3, -0.25) is 0 Å². The molecule has 1 saturated heterocycles. The van der Waals surface area contributed by atoms with Gasteiger partial charge in [-0.05, 0) is 62.5 Å². The maximum atomic E-state index is 12.4. The quantitative estimate of drug-likeness (QED) is 0.395. The molecule has 2 aromatic rings. The third-order valence-electron chi connectivity index (χ3n) is 6.74. The lowest BCUT2D eigenvalue weighted by molar-refractivity contribution is -0.0167. The van der Waals surface area contributed by atoms with Crippen molar-refractivity contribution in [1.82, 2.24) is 4.90 Å². The number of nitrogens with zero attached hydrogens (tertiary/aromatic N) is 1. The number of aliphatic hydroxyl groups is 1. The maximum Gasteiger partial charge on any atom is 0.119 e. The summed E-state index contributed by atoms with van der Waals surface area (Å²) >= 11 is 0. The molecule has 0 spiro atoms. The molecule has 0 aliphatic carbocycles. The molecule has 1 aliphatic heterocycles. The van der Waals surface area contributed by atoms with Crippen molar-refractivity contribution in [2.75, 3.05) is 26.2 Å². The van der Waals surface area contributed by atoms with Crippen LogP contribution in [0.2, 0.25) is 0 Å². The highest BCUT2D eigenvalue weighted by atomic mass is 16.5. The second-order valence-electron chi connectivity index (χ2n) is 9.02. The van der Waals surface area contributed by atoms with Crippen LogP contribution in [-0.4, -0.2) is 36.2 Å². The summed E-state index contributed by atoms with van der Waals surface area (Å²) in [5.74, 6) is 0.915. The molecule has 0 saturated carbocycles. The van der Waals surface area contributed by atoms with E-state index < -0.39 is 5.60 Å². The molecule has 1 aliphatic rings. The minimum Gasteiger partial charge on any atom is -0.494 e. The molecule has 3 rings (SSSR count). The number of piperidine rings is 1. The Labute approximate surface area is 189 Å². The van der Waals surface area contributed by atoms with Crippen LogP contribution < -0.4 is 4.74 Å². The van der Waals surface area contributed by atoms with E-state index in [0.717, 1.165) is 43.8 Å². The summed E-state index contributed by atoms with van der Waals surface area (Å²) < 4.78 is 5.66. The van der Waals surface area contributed by atoms with Gasteiger partial charge in [-0.2, -0.15) is 0 Å². The average Bonchev–Trinajstić information content (AvgIpc) is 2.82. The van der Waals surface area contributed by atoms with Gasteiger partial charge in [-0.1, -0.05) is 81.5 Å². The van der Waals surface area contributed by atoms with Gasteiger partial charge in [-0.25, -0.2) is 0 Å². The summed E-state index contributed by atoms with van der Waals surface area (Å²) in [6.45, 7) is 8.07. The first kappa shape index (κ1) is 23.8. The molecule has 0 amide bonds. The van der Waals surface area contributed by atoms with Crippen molar-refractivity contribution in [3.63, 3.8) is 0 Å². The van der Waals surface area contributed by atoms with E-state index in [9.17, 15) is 5.11 Å². The normalized spacial score (nSPS) is 17.8. The molecule has 2 aromatic carbocycles. The smallest absolute Gasteiger partial charge is 0.119 e. The third kappa shape index (κ3) is 6.57. The van der Waals surface area contributed by atoms with E-state index in [1.807, 2.05) is 19.1 Å². The van der Waals surface area contributed by atoms with E-state index in [0.29, 0.717) is 6.61 Å². The molecule has 31 heavy (non-hydrogen) atoms. The minimum atomic E-state index is -0.892. The lowest BCUT2D eigenvalue weighted by Crippen LogP contribution is -2.42. The zero-order valence-electron chi connectivity index (χ0n) is 19.6. The molecule has 3 nitrogen and oxygen atoms in total. The van der Waals surface area contributed by atoms with Crippen LogP contribution in [0.25, 0.3) is 0 Å².